The molecule has 1 aromatic carbocycles. The summed E-state index contributed by atoms with van der Waals surface area (Å²) in [4.78, 5) is 16.6. The SMILES string of the molecule is CN1CCN(C(=O)c2ccc(Cl)cc2N)CC1(C)C. The first-order valence-electron chi connectivity index (χ1n) is 6.37. The first kappa shape index (κ1) is 14.2. The van der Waals surface area contributed by atoms with Crippen LogP contribution in [0.25, 0.3) is 0 Å². The van der Waals surface area contributed by atoms with Crippen molar-refractivity contribution in [3.63, 3.8) is 0 Å². The molecule has 0 aliphatic carbocycles. The van der Waals surface area contributed by atoms with Gasteiger partial charge in [-0.1, -0.05) is 11.6 Å². The molecule has 0 bridgehead atoms. The van der Waals surface area contributed by atoms with Crippen molar-refractivity contribution in [1.82, 2.24) is 9.80 Å². The summed E-state index contributed by atoms with van der Waals surface area (Å²) < 4.78 is 0. The summed E-state index contributed by atoms with van der Waals surface area (Å²) in [6.45, 7) is 6.56. The number of carbonyl (C=O) groups is 1. The maximum atomic E-state index is 12.5. The molecular weight excluding hydrogens is 262 g/mol. The monoisotopic (exact) mass is 281 g/mol. The van der Waals surface area contributed by atoms with Gasteiger partial charge in [0.05, 0.1) is 5.56 Å². The second kappa shape index (κ2) is 5.02. The van der Waals surface area contributed by atoms with Crippen LogP contribution in [0.5, 0.6) is 0 Å². The van der Waals surface area contributed by atoms with Crippen LogP contribution in [-0.4, -0.2) is 47.9 Å². The molecule has 0 radical (unpaired) electrons. The molecule has 104 valence electrons. The Bertz CT molecular complexity index is 501. The van der Waals surface area contributed by atoms with Gasteiger partial charge in [0.2, 0.25) is 0 Å². The maximum absolute atomic E-state index is 12.5. The zero-order chi connectivity index (χ0) is 14.2. The summed E-state index contributed by atoms with van der Waals surface area (Å²) in [6.07, 6.45) is 0. The minimum absolute atomic E-state index is 0.0182. The van der Waals surface area contributed by atoms with Crippen LogP contribution in [0.1, 0.15) is 24.2 Å². The van der Waals surface area contributed by atoms with Crippen molar-refractivity contribution in [2.45, 2.75) is 19.4 Å². The van der Waals surface area contributed by atoms with Crippen LogP contribution < -0.4 is 5.73 Å². The fourth-order valence-electron chi connectivity index (χ4n) is 2.31. The normalized spacial score (nSPS) is 19.5. The number of amides is 1. The van der Waals surface area contributed by atoms with Gasteiger partial charge in [0.25, 0.3) is 5.91 Å². The number of nitrogens with zero attached hydrogens (tertiary/aromatic N) is 2. The van der Waals surface area contributed by atoms with Crippen molar-refractivity contribution in [2.24, 2.45) is 0 Å². The van der Waals surface area contributed by atoms with Gasteiger partial charge in [-0.2, -0.15) is 0 Å². The second-order valence-electron chi connectivity index (χ2n) is 5.69. The fraction of sp³-hybridized carbons (Fsp3) is 0.500. The van der Waals surface area contributed by atoms with Crippen LogP contribution in [0.15, 0.2) is 18.2 Å². The Morgan fingerprint density at radius 2 is 2.05 bits per heavy atom. The molecule has 5 heteroatoms. The van der Waals surface area contributed by atoms with E-state index in [1.54, 1.807) is 18.2 Å². The highest BCUT2D eigenvalue weighted by molar-refractivity contribution is 6.31. The number of piperazine rings is 1. The van der Waals surface area contributed by atoms with Crippen molar-refractivity contribution < 1.29 is 4.79 Å². The molecule has 0 aromatic heterocycles. The molecule has 0 spiro atoms. The third-order valence-corrected chi connectivity index (χ3v) is 4.08. The topological polar surface area (TPSA) is 49.6 Å². The minimum atomic E-state index is -0.0188. The molecule has 0 saturated carbocycles. The summed E-state index contributed by atoms with van der Waals surface area (Å²) in [5, 5.41) is 0.549. The summed E-state index contributed by atoms with van der Waals surface area (Å²) in [6, 6.07) is 5.02. The average Bonchev–Trinajstić information content (AvgIpc) is 2.32. The third-order valence-electron chi connectivity index (χ3n) is 3.85. The molecule has 1 amide bonds. The molecule has 1 aliphatic heterocycles. The van der Waals surface area contributed by atoms with Crippen LogP contribution in [0, 0.1) is 0 Å². The van der Waals surface area contributed by atoms with Gasteiger partial charge in [-0.25, -0.2) is 0 Å². The molecule has 0 unspecified atom stereocenters. The lowest BCUT2D eigenvalue weighted by molar-refractivity contribution is 0.0312. The van der Waals surface area contributed by atoms with Gasteiger partial charge >= 0.3 is 0 Å². The number of halogens is 1. The summed E-state index contributed by atoms with van der Waals surface area (Å²) in [5.74, 6) is -0.0182. The van der Waals surface area contributed by atoms with E-state index in [1.165, 1.54) is 0 Å². The lowest BCUT2D eigenvalue weighted by Gasteiger charge is -2.45. The lowest BCUT2D eigenvalue weighted by Crippen LogP contribution is -2.58. The zero-order valence-electron chi connectivity index (χ0n) is 11.6. The van der Waals surface area contributed by atoms with Gasteiger partial charge in [-0.15, -0.1) is 0 Å². The predicted molar refractivity (Wildman–Crippen MR) is 78.5 cm³/mol. The molecule has 1 heterocycles. The number of hydrogen-bond donors (Lipinski definition) is 1. The quantitative estimate of drug-likeness (QED) is 0.802. The van der Waals surface area contributed by atoms with E-state index in [9.17, 15) is 4.79 Å². The van der Waals surface area contributed by atoms with E-state index in [0.717, 1.165) is 13.1 Å². The Labute approximate surface area is 119 Å². The predicted octanol–water partition coefficient (Wildman–Crippen LogP) is 2.09. The molecule has 1 aliphatic rings. The number of nitrogen functional groups attached to an aromatic ring is 1. The molecular formula is C14H20ClN3O. The number of rotatable bonds is 1. The van der Waals surface area contributed by atoms with Crippen LogP contribution in [0.2, 0.25) is 5.02 Å². The van der Waals surface area contributed by atoms with Gasteiger partial charge in [-0.3, -0.25) is 9.69 Å². The molecule has 2 rings (SSSR count). The number of anilines is 1. The Morgan fingerprint density at radius 1 is 1.37 bits per heavy atom. The van der Waals surface area contributed by atoms with Crippen LogP contribution in [0.3, 0.4) is 0 Å². The van der Waals surface area contributed by atoms with Gasteiger partial charge in [0.1, 0.15) is 0 Å². The number of nitrogens with two attached hydrogens (primary N) is 1. The highest BCUT2D eigenvalue weighted by atomic mass is 35.5. The fourth-order valence-corrected chi connectivity index (χ4v) is 2.49. The number of benzene rings is 1. The van der Waals surface area contributed by atoms with E-state index in [-0.39, 0.29) is 11.4 Å². The van der Waals surface area contributed by atoms with E-state index in [1.807, 2.05) is 4.90 Å². The Morgan fingerprint density at radius 3 is 2.63 bits per heavy atom. The molecule has 1 saturated heterocycles. The van der Waals surface area contributed by atoms with Gasteiger partial charge in [0, 0.05) is 35.9 Å². The van der Waals surface area contributed by atoms with Crippen LogP contribution in [-0.2, 0) is 0 Å². The molecule has 4 nitrogen and oxygen atoms in total. The molecule has 0 atom stereocenters. The van der Waals surface area contributed by atoms with Crippen molar-refractivity contribution in [2.75, 3.05) is 32.4 Å². The second-order valence-corrected chi connectivity index (χ2v) is 6.13. The Balaban J connectivity index is 2.21. The molecule has 1 fully saturated rings. The molecule has 1 aromatic rings. The van der Waals surface area contributed by atoms with Crippen molar-refractivity contribution in [3.8, 4) is 0 Å². The molecule has 19 heavy (non-hydrogen) atoms. The molecule has 2 N–H and O–H groups in total. The number of likely N-dealkylation sites (N-methyl/N-ethyl adjacent to an activating group) is 1. The lowest BCUT2D eigenvalue weighted by atomic mass is 9.99. The smallest absolute Gasteiger partial charge is 0.256 e. The summed E-state index contributed by atoms with van der Waals surface area (Å²) in [7, 11) is 2.08. The maximum Gasteiger partial charge on any atom is 0.256 e. The Hall–Kier alpha value is -1.26. The van der Waals surface area contributed by atoms with Crippen LogP contribution in [0.4, 0.5) is 5.69 Å². The van der Waals surface area contributed by atoms with Crippen LogP contribution >= 0.6 is 11.6 Å². The van der Waals surface area contributed by atoms with Gasteiger partial charge in [-0.05, 0) is 39.1 Å². The van der Waals surface area contributed by atoms with Gasteiger partial charge < -0.3 is 10.6 Å². The van der Waals surface area contributed by atoms with E-state index < -0.39 is 0 Å². The average molecular weight is 282 g/mol. The first-order valence-corrected chi connectivity index (χ1v) is 6.74. The van der Waals surface area contributed by atoms with Crippen molar-refractivity contribution in [1.29, 1.82) is 0 Å². The third kappa shape index (κ3) is 2.85. The van der Waals surface area contributed by atoms with Crippen molar-refractivity contribution >= 4 is 23.2 Å². The highest BCUT2D eigenvalue weighted by Gasteiger charge is 2.33. The zero-order valence-corrected chi connectivity index (χ0v) is 12.4. The Kier molecular flexibility index (Phi) is 3.74. The van der Waals surface area contributed by atoms with Crippen molar-refractivity contribution in [3.05, 3.63) is 28.8 Å². The summed E-state index contributed by atoms with van der Waals surface area (Å²) >= 11 is 5.86. The van der Waals surface area contributed by atoms with E-state index in [2.05, 4.69) is 25.8 Å². The van der Waals surface area contributed by atoms with Gasteiger partial charge in [0.15, 0.2) is 0 Å². The number of hydrogen-bond acceptors (Lipinski definition) is 3. The summed E-state index contributed by atoms with van der Waals surface area (Å²) in [5.41, 5.74) is 6.83. The van der Waals surface area contributed by atoms with E-state index in [0.29, 0.717) is 22.8 Å². The standard InChI is InChI=1S/C14H20ClN3O/c1-14(2)9-18(7-6-17(14)3)13(19)11-5-4-10(15)8-12(11)16/h4-5,8H,6-7,9,16H2,1-3H3. The van der Waals surface area contributed by atoms with E-state index in [4.69, 9.17) is 17.3 Å². The van der Waals surface area contributed by atoms with E-state index >= 15 is 0 Å². The highest BCUT2D eigenvalue weighted by Crippen LogP contribution is 2.24. The largest absolute Gasteiger partial charge is 0.398 e. The minimum Gasteiger partial charge on any atom is -0.398 e. The first-order chi connectivity index (χ1) is 8.81. The number of carbonyl (C=O) groups excluding carboxylic acids is 1.